The Morgan fingerprint density at radius 3 is 2.56 bits per heavy atom. The van der Waals surface area contributed by atoms with Crippen LogP contribution >= 0.6 is 15.9 Å². The van der Waals surface area contributed by atoms with Gasteiger partial charge in [0.25, 0.3) is 0 Å². The van der Waals surface area contributed by atoms with Gasteiger partial charge in [-0.1, -0.05) is 28.1 Å². The van der Waals surface area contributed by atoms with Crippen LogP contribution in [0, 0.1) is 6.92 Å². The van der Waals surface area contributed by atoms with E-state index < -0.39 is 0 Å². The van der Waals surface area contributed by atoms with Crippen molar-refractivity contribution in [2.24, 2.45) is 0 Å². The highest BCUT2D eigenvalue weighted by atomic mass is 79.9. The molecule has 2 aromatic heterocycles. The van der Waals surface area contributed by atoms with Gasteiger partial charge in [0.1, 0.15) is 0 Å². The van der Waals surface area contributed by atoms with Gasteiger partial charge >= 0.3 is 5.69 Å². The zero-order chi connectivity index (χ0) is 12.7. The second-order valence-electron chi connectivity index (χ2n) is 4.29. The van der Waals surface area contributed by atoms with E-state index >= 15 is 0 Å². The summed E-state index contributed by atoms with van der Waals surface area (Å²) >= 11 is 3.41. The fourth-order valence-electron chi connectivity index (χ4n) is 2.05. The molecule has 0 aliphatic rings. The molecular weight excluding hydrogens is 292 g/mol. The second kappa shape index (κ2) is 4.14. The van der Waals surface area contributed by atoms with Crippen LogP contribution in [0.1, 0.15) is 5.69 Å². The number of fused-ring (bicyclic) bond motifs is 1. The molecule has 1 N–H and O–H groups in total. The number of rotatable bonds is 1. The predicted octanol–water partition coefficient (Wildman–Crippen LogP) is 3.37. The zero-order valence-corrected chi connectivity index (χ0v) is 11.4. The van der Waals surface area contributed by atoms with Crippen LogP contribution < -0.4 is 5.69 Å². The number of H-pyrrole nitrogens is 1. The van der Waals surface area contributed by atoms with Crippen molar-refractivity contribution in [3.05, 3.63) is 63.2 Å². The van der Waals surface area contributed by atoms with E-state index in [9.17, 15) is 4.79 Å². The average Bonchev–Trinajstić information content (AvgIpc) is 2.74. The zero-order valence-electron chi connectivity index (χ0n) is 9.77. The summed E-state index contributed by atoms with van der Waals surface area (Å²) in [6, 6.07) is 12.0. The SMILES string of the molecule is Cc1cc2cc(-c3ccc(Br)cc3)cn2c(=O)[nH]1. The number of hydrogen-bond donors (Lipinski definition) is 1. The van der Waals surface area contributed by atoms with E-state index in [2.05, 4.69) is 20.9 Å². The third kappa shape index (κ3) is 1.88. The van der Waals surface area contributed by atoms with Crippen molar-refractivity contribution in [2.75, 3.05) is 0 Å². The number of aryl methyl sites for hydroxylation is 1. The molecule has 3 aromatic rings. The summed E-state index contributed by atoms with van der Waals surface area (Å²) in [6.45, 7) is 1.88. The Balaban J connectivity index is 2.22. The van der Waals surface area contributed by atoms with Crippen molar-refractivity contribution in [3.63, 3.8) is 0 Å². The lowest BCUT2D eigenvalue weighted by molar-refractivity contribution is 0.979. The van der Waals surface area contributed by atoms with Crippen LogP contribution in [0.25, 0.3) is 16.6 Å². The number of nitrogens with one attached hydrogen (secondary N) is 1. The van der Waals surface area contributed by atoms with Crippen molar-refractivity contribution in [3.8, 4) is 11.1 Å². The molecule has 0 unspecified atom stereocenters. The molecule has 90 valence electrons. The normalized spacial score (nSPS) is 11.0. The first-order valence-corrected chi connectivity index (χ1v) is 6.41. The number of aromatic nitrogens is 2. The molecular formula is C14H11BrN2O. The van der Waals surface area contributed by atoms with Gasteiger partial charge in [-0.2, -0.15) is 0 Å². The number of aromatic amines is 1. The quantitative estimate of drug-likeness (QED) is 0.735. The highest BCUT2D eigenvalue weighted by Crippen LogP contribution is 2.23. The average molecular weight is 303 g/mol. The van der Waals surface area contributed by atoms with Crippen LogP contribution in [-0.2, 0) is 0 Å². The summed E-state index contributed by atoms with van der Waals surface area (Å²) in [4.78, 5) is 14.6. The maximum absolute atomic E-state index is 11.8. The summed E-state index contributed by atoms with van der Waals surface area (Å²) in [5.41, 5.74) is 3.81. The largest absolute Gasteiger partial charge is 0.330 e. The van der Waals surface area contributed by atoms with Crippen molar-refractivity contribution < 1.29 is 0 Å². The van der Waals surface area contributed by atoms with Crippen LogP contribution in [0.2, 0.25) is 0 Å². The van der Waals surface area contributed by atoms with E-state index in [-0.39, 0.29) is 5.69 Å². The van der Waals surface area contributed by atoms with Crippen LogP contribution in [0.5, 0.6) is 0 Å². The van der Waals surface area contributed by atoms with Gasteiger partial charge in [0.15, 0.2) is 0 Å². The molecule has 2 heterocycles. The topological polar surface area (TPSA) is 37.3 Å². The molecule has 0 bridgehead atoms. The van der Waals surface area contributed by atoms with Crippen LogP contribution in [0.3, 0.4) is 0 Å². The van der Waals surface area contributed by atoms with E-state index in [1.54, 1.807) is 4.40 Å². The molecule has 0 saturated carbocycles. The fraction of sp³-hybridized carbons (Fsp3) is 0.0714. The minimum absolute atomic E-state index is 0.103. The van der Waals surface area contributed by atoms with E-state index in [0.29, 0.717) is 0 Å². The summed E-state index contributed by atoms with van der Waals surface area (Å²) in [5.74, 6) is 0. The second-order valence-corrected chi connectivity index (χ2v) is 5.20. The van der Waals surface area contributed by atoms with Gasteiger partial charge in [-0.3, -0.25) is 4.40 Å². The molecule has 0 spiro atoms. The minimum Gasteiger partial charge on any atom is -0.311 e. The van der Waals surface area contributed by atoms with Crippen LogP contribution in [0.4, 0.5) is 0 Å². The maximum atomic E-state index is 11.8. The molecule has 3 nitrogen and oxygen atoms in total. The Morgan fingerprint density at radius 2 is 1.83 bits per heavy atom. The van der Waals surface area contributed by atoms with Crippen molar-refractivity contribution in [1.29, 1.82) is 0 Å². The first-order valence-electron chi connectivity index (χ1n) is 5.61. The Morgan fingerprint density at radius 1 is 1.11 bits per heavy atom. The smallest absolute Gasteiger partial charge is 0.311 e. The summed E-state index contributed by atoms with van der Waals surface area (Å²) < 4.78 is 2.67. The van der Waals surface area contributed by atoms with Crippen LogP contribution in [-0.4, -0.2) is 9.38 Å². The van der Waals surface area contributed by atoms with E-state index in [4.69, 9.17) is 0 Å². The van der Waals surface area contributed by atoms with E-state index in [1.165, 1.54) is 0 Å². The standard InChI is InChI=1S/C14H11BrN2O/c1-9-6-13-7-11(8-17(13)14(18)16-9)10-2-4-12(15)5-3-10/h2-8H,1H3,(H,16,18). The van der Waals surface area contributed by atoms with Gasteiger partial charge in [0, 0.05) is 21.9 Å². The Bertz CT molecular complexity index is 769. The number of nitrogens with zero attached hydrogens (tertiary/aromatic N) is 1. The van der Waals surface area contributed by atoms with Gasteiger partial charge in [0.2, 0.25) is 0 Å². The van der Waals surface area contributed by atoms with Gasteiger partial charge in [-0.15, -0.1) is 0 Å². The summed E-state index contributed by atoms with van der Waals surface area (Å²) in [6.07, 6.45) is 1.86. The number of benzene rings is 1. The molecule has 0 atom stereocenters. The number of hydrogen-bond acceptors (Lipinski definition) is 1. The molecule has 0 amide bonds. The molecule has 0 saturated heterocycles. The monoisotopic (exact) mass is 302 g/mol. The Labute approximate surface area is 112 Å². The third-order valence-electron chi connectivity index (χ3n) is 2.91. The molecule has 0 aliphatic carbocycles. The van der Waals surface area contributed by atoms with Gasteiger partial charge in [-0.05, 0) is 36.8 Å². The molecule has 0 fully saturated rings. The Hall–Kier alpha value is -1.81. The highest BCUT2D eigenvalue weighted by molar-refractivity contribution is 9.10. The molecule has 18 heavy (non-hydrogen) atoms. The van der Waals surface area contributed by atoms with Crippen LogP contribution in [0.15, 0.2) is 51.9 Å². The molecule has 1 aromatic carbocycles. The molecule has 3 rings (SSSR count). The molecule has 4 heteroatoms. The lowest BCUT2D eigenvalue weighted by Crippen LogP contribution is -2.15. The highest BCUT2D eigenvalue weighted by Gasteiger charge is 2.05. The fourth-order valence-corrected chi connectivity index (χ4v) is 2.32. The van der Waals surface area contributed by atoms with Gasteiger partial charge in [0.05, 0.1) is 5.52 Å². The predicted molar refractivity (Wildman–Crippen MR) is 75.9 cm³/mol. The molecule has 0 radical (unpaired) electrons. The maximum Gasteiger partial charge on any atom is 0.330 e. The summed E-state index contributed by atoms with van der Waals surface area (Å²) in [7, 11) is 0. The summed E-state index contributed by atoms with van der Waals surface area (Å²) in [5, 5.41) is 0. The van der Waals surface area contributed by atoms with Gasteiger partial charge < -0.3 is 4.98 Å². The lowest BCUT2D eigenvalue weighted by Gasteiger charge is -1.96. The minimum atomic E-state index is -0.103. The van der Waals surface area contributed by atoms with E-state index in [0.717, 1.165) is 26.8 Å². The van der Waals surface area contributed by atoms with E-state index in [1.807, 2.05) is 49.5 Å². The number of halogens is 1. The van der Waals surface area contributed by atoms with Crippen molar-refractivity contribution in [2.45, 2.75) is 6.92 Å². The van der Waals surface area contributed by atoms with Crippen molar-refractivity contribution in [1.82, 2.24) is 9.38 Å². The van der Waals surface area contributed by atoms with Crippen molar-refractivity contribution >= 4 is 21.4 Å². The lowest BCUT2D eigenvalue weighted by atomic mass is 10.1. The molecule has 0 aliphatic heterocycles. The van der Waals surface area contributed by atoms with Gasteiger partial charge in [-0.25, -0.2) is 4.79 Å². The first-order chi connectivity index (χ1) is 8.63. The third-order valence-corrected chi connectivity index (χ3v) is 3.44. The first kappa shape index (κ1) is 11.3. The Kier molecular flexibility index (Phi) is 2.59.